The van der Waals surface area contributed by atoms with E-state index in [4.69, 9.17) is 0 Å². The number of rotatable bonds is 5. The maximum Gasteiger partial charge on any atom is 0.586 e. The zero-order valence-corrected chi connectivity index (χ0v) is 12.9. The lowest BCUT2D eigenvalue weighted by atomic mass is 10.1. The van der Waals surface area contributed by atoms with Gasteiger partial charge in [0.1, 0.15) is 0 Å². The zero-order valence-electron chi connectivity index (χ0n) is 12.9. The van der Waals surface area contributed by atoms with Gasteiger partial charge in [-0.25, -0.2) is 0 Å². The molecule has 2 aromatic rings. The molecule has 0 aliphatic carbocycles. The Labute approximate surface area is 137 Å². The van der Waals surface area contributed by atoms with Crippen LogP contribution in [0.15, 0.2) is 48.5 Å². The average molecular weight is 334 g/mol. The van der Waals surface area contributed by atoms with Crippen LogP contribution >= 0.6 is 0 Å². The van der Waals surface area contributed by atoms with E-state index >= 15 is 0 Å². The first-order chi connectivity index (χ1) is 11.4. The lowest BCUT2D eigenvalue weighted by molar-refractivity contribution is -0.286. The number of carbonyl (C=O) groups is 1. The Hall–Kier alpha value is -2.67. The molecule has 1 aliphatic heterocycles. The molecule has 0 unspecified atom stereocenters. The van der Waals surface area contributed by atoms with E-state index in [1.165, 1.54) is 18.2 Å². The number of benzene rings is 2. The van der Waals surface area contributed by atoms with E-state index in [9.17, 15) is 13.6 Å². The molecule has 0 saturated heterocycles. The molecule has 3 rings (SSSR count). The molecule has 24 heavy (non-hydrogen) atoms. The van der Waals surface area contributed by atoms with Crippen LogP contribution in [-0.2, 0) is 4.79 Å². The molecule has 0 spiro atoms. The normalized spacial score (nSPS) is 15.8. The third-order valence-corrected chi connectivity index (χ3v) is 3.55. The number of fused-ring (bicyclic) bond motifs is 1. The highest BCUT2D eigenvalue weighted by atomic mass is 19.3. The van der Waals surface area contributed by atoms with Gasteiger partial charge >= 0.3 is 6.29 Å². The Morgan fingerprint density at radius 1 is 1.12 bits per heavy atom. The number of anilines is 1. The summed E-state index contributed by atoms with van der Waals surface area (Å²) >= 11 is 0. The molecule has 0 saturated carbocycles. The second kappa shape index (κ2) is 6.45. The summed E-state index contributed by atoms with van der Waals surface area (Å²) in [4.78, 5) is 12.0. The van der Waals surface area contributed by atoms with Crippen molar-refractivity contribution >= 4 is 11.6 Å². The van der Waals surface area contributed by atoms with Crippen LogP contribution < -0.4 is 20.1 Å². The summed E-state index contributed by atoms with van der Waals surface area (Å²) in [6, 6.07) is 13.8. The number of hydrogen-bond acceptors (Lipinski definition) is 4. The van der Waals surface area contributed by atoms with Gasteiger partial charge in [0.05, 0.1) is 6.54 Å². The number of halogens is 2. The summed E-state index contributed by atoms with van der Waals surface area (Å²) in [5, 5.41) is 5.72. The van der Waals surface area contributed by atoms with Gasteiger partial charge in [0.25, 0.3) is 0 Å². The number of alkyl halides is 2. The fraction of sp³-hybridized carbons (Fsp3) is 0.235. The molecule has 5 nitrogen and oxygen atoms in total. The van der Waals surface area contributed by atoms with Gasteiger partial charge in [-0.05, 0) is 24.6 Å². The molecule has 0 aromatic heterocycles. The van der Waals surface area contributed by atoms with Crippen LogP contribution in [0, 0.1) is 0 Å². The van der Waals surface area contributed by atoms with Crippen molar-refractivity contribution in [2.75, 3.05) is 11.9 Å². The highest BCUT2D eigenvalue weighted by Gasteiger charge is 2.43. The summed E-state index contributed by atoms with van der Waals surface area (Å²) in [6.45, 7) is 2.03. The van der Waals surface area contributed by atoms with Crippen molar-refractivity contribution in [2.45, 2.75) is 19.3 Å². The van der Waals surface area contributed by atoms with Crippen LogP contribution in [0.25, 0.3) is 0 Å². The summed E-state index contributed by atoms with van der Waals surface area (Å²) in [6.07, 6.45) is -3.67. The van der Waals surface area contributed by atoms with Crippen LogP contribution in [0.3, 0.4) is 0 Å². The molecule has 7 heteroatoms. The maximum atomic E-state index is 13.0. The lowest BCUT2D eigenvalue weighted by Crippen LogP contribution is -2.30. The Kier molecular flexibility index (Phi) is 4.35. The molecular weight excluding hydrogens is 318 g/mol. The quantitative estimate of drug-likeness (QED) is 0.881. The maximum absolute atomic E-state index is 13.0. The molecule has 1 amide bonds. The Bertz CT molecular complexity index is 738. The molecule has 1 atom stereocenters. The average Bonchev–Trinajstić information content (AvgIpc) is 2.86. The summed E-state index contributed by atoms with van der Waals surface area (Å²) in [5.41, 5.74) is 1.42. The van der Waals surface area contributed by atoms with E-state index in [0.29, 0.717) is 5.69 Å². The van der Waals surface area contributed by atoms with Gasteiger partial charge in [0.15, 0.2) is 11.5 Å². The molecule has 0 fully saturated rings. The molecule has 1 heterocycles. The van der Waals surface area contributed by atoms with Gasteiger partial charge < -0.3 is 20.1 Å². The fourth-order valence-electron chi connectivity index (χ4n) is 2.34. The van der Waals surface area contributed by atoms with Gasteiger partial charge in [-0.2, -0.15) is 0 Å². The molecule has 1 aliphatic rings. The van der Waals surface area contributed by atoms with Gasteiger partial charge in [0.2, 0.25) is 5.91 Å². The van der Waals surface area contributed by atoms with Gasteiger partial charge in [-0.1, -0.05) is 30.3 Å². The SMILES string of the molecule is C[C@H](NCC(=O)Nc1ccc2c(c1)OC(F)(F)O2)c1ccccc1. The smallest absolute Gasteiger partial charge is 0.395 e. The van der Waals surface area contributed by atoms with Crippen molar-refractivity contribution in [3.8, 4) is 11.5 Å². The molecule has 2 N–H and O–H groups in total. The minimum absolute atomic E-state index is 0.00685. The monoisotopic (exact) mass is 334 g/mol. The predicted octanol–water partition coefficient (Wildman–Crippen LogP) is 3.30. The van der Waals surface area contributed by atoms with Crippen LogP contribution in [0.5, 0.6) is 11.5 Å². The first-order valence-electron chi connectivity index (χ1n) is 7.41. The number of amides is 1. The molecule has 0 bridgehead atoms. The number of nitrogens with one attached hydrogen (secondary N) is 2. The Balaban J connectivity index is 1.55. The highest BCUT2D eigenvalue weighted by Crippen LogP contribution is 2.42. The molecular formula is C17H16F2N2O3. The van der Waals surface area contributed by atoms with Crippen LogP contribution in [-0.4, -0.2) is 18.7 Å². The van der Waals surface area contributed by atoms with Gasteiger partial charge in [-0.3, -0.25) is 4.79 Å². The Morgan fingerprint density at radius 2 is 1.83 bits per heavy atom. The number of ether oxygens (including phenoxy) is 2. The third kappa shape index (κ3) is 3.80. The Morgan fingerprint density at radius 3 is 2.58 bits per heavy atom. The minimum atomic E-state index is -3.67. The largest absolute Gasteiger partial charge is 0.586 e. The van der Waals surface area contributed by atoms with Crippen molar-refractivity contribution in [2.24, 2.45) is 0 Å². The summed E-state index contributed by atoms with van der Waals surface area (Å²) in [7, 11) is 0. The van der Waals surface area contributed by atoms with Gasteiger partial charge in [0, 0.05) is 17.8 Å². The standard InChI is InChI=1S/C17H16F2N2O3/c1-11(12-5-3-2-4-6-12)20-10-16(22)21-13-7-8-14-15(9-13)24-17(18,19)23-14/h2-9,11,20H,10H2,1H3,(H,21,22)/t11-/m0/s1. The summed E-state index contributed by atoms with van der Waals surface area (Å²) < 4.78 is 34.6. The number of hydrogen-bond donors (Lipinski definition) is 2. The van der Waals surface area contributed by atoms with Crippen molar-refractivity contribution in [3.05, 3.63) is 54.1 Å². The van der Waals surface area contributed by atoms with Crippen molar-refractivity contribution < 1.29 is 23.0 Å². The number of carbonyl (C=O) groups excluding carboxylic acids is 1. The van der Waals surface area contributed by atoms with E-state index in [1.54, 1.807) is 0 Å². The highest BCUT2D eigenvalue weighted by molar-refractivity contribution is 5.92. The van der Waals surface area contributed by atoms with E-state index < -0.39 is 6.29 Å². The zero-order chi connectivity index (χ0) is 17.2. The van der Waals surface area contributed by atoms with Crippen LogP contribution in [0.4, 0.5) is 14.5 Å². The van der Waals surface area contributed by atoms with Crippen LogP contribution in [0.2, 0.25) is 0 Å². The first kappa shape index (κ1) is 16.2. The van der Waals surface area contributed by atoms with Crippen molar-refractivity contribution in [3.63, 3.8) is 0 Å². The second-order valence-electron chi connectivity index (χ2n) is 5.39. The fourth-order valence-corrected chi connectivity index (χ4v) is 2.34. The first-order valence-corrected chi connectivity index (χ1v) is 7.41. The molecule has 0 radical (unpaired) electrons. The second-order valence-corrected chi connectivity index (χ2v) is 5.39. The van der Waals surface area contributed by atoms with Gasteiger partial charge in [-0.15, -0.1) is 8.78 Å². The molecule has 126 valence electrons. The van der Waals surface area contributed by atoms with E-state index in [-0.39, 0.29) is 30.0 Å². The van der Waals surface area contributed by atoms with E-state index in [1.807, 2.05) is 37.3 Å². The van der Waals surface area contributed by atoms with Crippen molar-refractivity contribution in [1.82, 2.24) is 5.32 Å². The third-order valence-electron chi connectivity index (χ3n) is 3.55. The van der Waals surface area contributed by atoms with E-state index in [2.05, 4.69) is 20.1 Å². The van der Waals surface area contributed by atoms with E-state index in [0.717, 1.165) is 5.56 Å². The van der Waals surface area contributed by atoms with Crippen LogP contribution in [0.1, 0.15) is 18.5 Å². The topological polar surface area (TPSA) is 59.6 Å². The van der Waals surface area contributed by atoms with Crippen molar-refractivity contribution in [1.29, 1.82) is 0 Å². The summed E-state index contributed by atoms with van der Waals surface area (Å²) in [5.74, 6) is -0.458. The minimum Gasteiger partial charge on any atom is -0.395 e. The molecule has 2 aromatic carbocycles. The predicted molar refractivity (Wildman–Crippen MR) is 84.1 cm³/mol. The lowest BCUT2D eigenvalue weighted by Gasteiger charge is -2.14.